The maximum absolute atomic E-state index is 13.8. The molecule has 3 aromatic carbocycles. The van der Waals surface area contributed by atoms with Gasteiger partial charge in [-0.15, -0.1) is 0 Å². The first kappa shape index (κ1) is 23.8. The van der Waals surface area contributed by atoms with E-state index >= 15 is 0 Å². The van der Waals surface area contributed by atoms with Gasteiger partial charge in [-0.25, -0.2) is 13.8 Å². The van der Waals surface area contributed by atoms with Gasteiger partial charge in [-0.2, -0.15) is 0 Å². The van der Waals surface area contributed by atoms with Crippen molar-refractivity contribution < 1.29 is 8.78 Å². The molecule has 0 saturated carbocycles. The van der Waals surface area contributed by atoms with Crippen LogP contribution >= 0.6 is 22.9 Å². The molecule has 0 spiro atoms. The third-order valence-electron chi connectivity index (χ3n) is 6.70. The molecule has 184 valence electrons. The van der Waals surface area contributed by atoms with E-state index in [0.717, 1.165) is 52.8 Å². The maximum atomic E-state index is 13.8. The number of nitrogens with zero attached hydrogens (tertiary/aromatic N) is 2. The van der Waals surface area contributed by atoms with Crippen molar-refractivity contribution in [2.24, 2.45) is 4.99 Å². The van der Waals surface area contributed by atoms with Crippen LogP contribution in [0, 0.1) is 11.6 Å². The van der Waals surface area contributed by atoms with Gasteiger partial charge >= 0.3 is 0 Å². The van der Waals surface area contributed by atoms with Crippen molar-refractivity contribution in [1.29, 1.82) is 0 Å². The van der Waals surface area contributed by atoms with Crippen LogP contribution in [0.25, 0.3) is 12.2 Å². The number of halogens is 3. The number of hydrogen-bond donors (Lipinski definition) is 0. The number of fused-ring (bicyclic) bond motifs is 1. The molecular weight excluding hydrogens is 510 g/mol. The molecule has 0 bridgehead atoms. The second kappa shape index (κ2) is 9.69. The minimum Gasteiger partial charge on any atom is -0.272 e. The van der Waals surface area contributed by atoms with Crippen molar-refractivity contribution in [3.8, 4) is 0 Å². The molecule has 2 heterocycles. The highest BCUT2D eigenvalue weighted by Crippen LogP contribution is 2.41. The summed E-state index contributed by atoms with van der Waals surface area (Å²) in [4.78, 5) is 19.3. The number of hydrogen-bond acceptors (Lipinski definition) is 3. The Hall–Kier alpha value is -3.61. The first-order chi connectivity index (χ1) is 18.0. The van der Waals surface area contributed by atoms with Gasteiger partial charge in [0.15, 0.2) is 4.80 Å². The molecule has 1 aliphatic heterocycles. The predicted molar refractivity (Wildman–Crippen MR) is 144 cm³/mol. The SMILES string of the molecule is O=c1/c(=C/c2ccc(Cl)cc2)sc2n1C(c1ccc(F)cc1)C1=C(N=2)/C(=C/c2ccc(F)cc2)CCC1. The van der Waals surface area contributed by atoms with Crippen LogP contribution in [0.5, 0.6) is 0 Å². The molecular formula is C30H21ClF2N2OS. The van der Waals surface area contributed by atoms with Gasteiger partial charge in [0, 0.05) is 5.02 Å². The Bertz CT molecular complexity index is 1730. The number of allylic oxidation sites excluding steroid dienone is 2. The van der Waals surface area contributed by atoms with Gasteiger partial charge in [0.25, 0.3) is 5.56 Å². The summed E-state index contributed by atoms with van der Waals surface area (Å²) in [6, 6.07) is 19.7. The molecule has 0 fully saturated rings. The summed E-state index contributed by atoms with van der Waals surface area (Å²) in [6.07, 6.45) is 6.40. The highest BCUT2D eigenvalue weighted by atomic mass is 35.5. The van der Waals surface area contributed by atoms with E-state index in [4.69, 9.17) is 16.6 Å². The molecule has 0 radical (unpaired) electrons. The van der Waals surface area contributed by atoms with Crippen molar-refractivity contribution in [3.05, 3.63) is 143 Å². The topological polar surface area (TPSA) is 34.4 Å². The predicted octanol–water partition coefficient (Wildman–Crippen LogP) is 6.41. The highest BCUT2D eigenvalue weighted by Gasteiger charge is 2.32. The second-order valence-electron chi connectivity index (χ2n) is 9.13. The van der Waals surface area contributed by atoms with Gasteiger partial charge in [0.2, 0.25) is 0 Å². The molecule has 4 aromatic rings. The largest absolute Gasteiger partial charge is 0.272 e. The Labute approximate surface area is 221 Å². The lowest BCUT2D eigenvalue weighted by Crippen LogP contribution is -2.39. The van der Waals surface area contributed by atoms with Crippen LogP contribution in [-0.4, -0.2) is 4.57 Å². The summed E-state index contributed by atoms with van der Waals surface area (Å²) in [5.74, 6) is -0.606. The van der Waals surface area contributed by atoms with E-state index < -0.39 is 0 Å². The first-order valence-corrected chi connectivity index (χ1v) is 13.2. The fourth-order valence-electron chi connectivity index (χ4n) is 4.97. The Morgan fingerprint density at radius 3 is 2.19 bits per heavy atom. The normalized spacial score (nSPS) is 18.5. The maximum Gasteiger partial charge on any atom is 0.271 e. The zero-order valence-electron chi connectivity index (χ0n) is 19.6. The molecule has 3 nitrogen and oxygen atoms in total. The molecule has 7 heteroatoms. The molecule has 37 heavy (non-hydrogen) atoms. The summed E-state index contributed by atoms with van der Waals surface area (Å²) in [7, 11) is 0. The molecule has 6 rings (SSSR count). The van der Waals surface area contributed by atoms with E-state index in [-0.39, 0.29) is 23.2 Å². The lowest BCUT2D eigenvalue weighted by Gasteiger charge is -2.31. The van der Waals surface area contributed by atoms with E-state index in [2.05, 4.69) is 0 Å². The summed E-state index contributed by atoms with van der Waals surface area (Å²) >= 11 is 7.37. The molecule has 1 aliphatic carbocycles. The van der Waals surface area contributed by atoms with Gasteiger partial charge < -0.3 is 0 Å². The van der Waals surface area contributed by atoms with Gasteiger partial charge in [-0.05, 0) is 95.6 Å². The van der Waals surface area contributed by atoms with Crippen LogP contribution in [-0.2, 0) is 0 Å². The minimum absolute atomic E-state index is 0.130. The van der Waals surface area contributed by atoms with E-state index in [1.807, 2.05) is 24.3 Å². The van der Waals surface area contributed by atoms with Crippen LogP contribution in [0.1, 0.15) is 42.0 Å². The van der Waals surface area contributed by atoms with Gasteiger partial charge in [0.05, 0.1) is 16.3 Å². The zero-order chi connectivity index (χ0) is 25.5. The lowest BCUT2D eigenvalue weighted by atomic mass is 9.84. The Balaban J connectivity index is 1.57. The standard InChI is InChI=1S/C30H21ClF2N2OS/c31-22-10-4-19(5-11-22)17-26-29(36)35-28(20-8-14-24(33)15-9-20)25-3-1-2-21(27(25)34-30(35)37-26)16-18-6-12-23(32)13-7-18/h4-17,28H,1-3H2/b21-16+,26-17-. The van der Waals surface area contributed by atoms with E-state index in [0.29, 0.717) is 14.4 Å². The summed E-state index contributed by atoms with van der Waals surface area (Å²) in [6.45, 7) is 0. The average Bonchev–Trinajstić information content (AvgIpc) is 3.21. The number of benzene rings is 3. The van der Waals surface area contributed by atoms with E-state index in [1.54, 1.807) is 41.0 Å². The second-order valence-corrected chi connectivity index (χ2v) is 10.6. The van der Waals surface area contributed by atoms with Gasteiger partial charge in [0.1, 0.15) is 11.6 Å². The third kappa shape index (κ3) is 4.63. The molecule has 1 aromatic heterocycles. The summed E-state index contributed by atoms with van der Waals surface area (Å²) in [5.41, 5.74) is 5.43. The van der Waals surface area contributed by atoms with E-state index in [9.17, 15) is 13.6 Å². The van der Waals surface area contributed by atoms with Crippen molar-refractivity contribution >= 4 is 35.1 Å². The smallest absolute Gasteiger partial charge is 0.271 e. The minimum atomic E-state index is -0.379. The monoisotopic (exact) mass is 530 g/mol. The Morgan fingerprint density at radius 2 is 1.49 bits per heavy atom. The molecule has 2 aliphatic rings. The molecule has 0 amide bonds. The third-order valence-corrected chi connectivity index (χ3v) is 7.93. The number of rotatable bonds is 3. The number of thiazole rings is 1. The Kier molecular flexibility index (Phi) is 6.22. The zero-order valence-corrected chi connectivity index (χ0v) is 21.2. The molecule has 1 unspecified atom stereocenters. The van der Waals surface area contributed by atoms with Crippen molar-refractivity contribution in [2.75, 3.05) is 0 Å². The molecule has 1 atom stereocenters. The van der Waals surface area contributed by atoms with E-state index in [1.165, 1.54) is 35.6 Å². The Morgan fingerprint density at radius 1 is 0.865 bits per heavy atom. The van der Waals surface area contributed by atoms with Crippen LogP contribution in [0.2, 0.25) is 5.02 Å². The van der Waals surface area contributed by atoms with Crippen LogP contribution in [0.3, 0.4) is 0 Å². The van der Waals surface area contributed by atoms with Crippen LogP contribution in [0.15, 0.2) is 99.4 Å². The first-order valence-electron chi connectivity index (χ1n) is 12.0. The number of aromatic nitrogens is 1. The van der Waals surface area contributed by atoms with Crippen molar-refractivity contribution in [2.45, 2.75) is 25.3 Å². The highest BCUT2D eigenvalue weighted by molar-refractivity contribution is 7.07. The van der Waals surface area contributed by atoms with Gasteiger partial charge in [-0.3, -0.25) is 9.36 Å². The van der Waals surface area contributed by atoms with Crippen LogP contribution in [0.4, 0.5) is 8.78 Å². The lowest BCUT2D eigenvalue weighted by molar-refractivity contribution is 0.551. The fraction of sp³-hybridized carbons (Fsp3) is 0.133. The van der Waals surface area contributed by atoms with Crippen molar-refractivity contribution in [1.82, 2.24) is 4.57 Å². The van der Waals surface area contributed by atoms with Crippen molar-refractivity contribution in [3.63, 3.8) is 0 Å². The molecule has 0 saturated heterocycles. The molecule has 0 N–H and O–H groups in total. The fourth-order valence-corrected chi connectivity index (χ4v) is 6.10. The average molecular weight is 531 g/mol. The van der Waals surface area contributed by atoms with Gasteiger partial charge in [-0.1, -0.05) is 59.3 Å². The quantitative estimate of drug-likeness (QED) is 0.301. The summed E-state index contributed by atoms with van der Waals surface area (Å²) < 4.78 is 29.6. The van der Waals surface area contributed by atoms with Crippen LogP contribution < -0.4 is 14.9 Å². The summed E-state index contributed by atoms with van der Waals surface area (Å²) in [5, 5.41) is 0.628.